The van der Waals surface area contributed by atoms with E-state index >= 15 is 0 Å². The maximum Gasteiger partial charge on any atom is 0.146 e. The van der Waals surface area contributed by atoms with Crippen LogP contribution >= 0.6 is 0 Å². The van der Waals surface area contributed by atoms with Crippen LogP contribution in [0.15, 0.2) is 18.4 Å². The third-order valence-corrected chi connectivity index (χ3v) is 3.04. The van der Waals surface area contributed by atoms with Crippen molar-refractivity contribution in [2.24, 2.45) is 5.41 Å². The molecule has 15 heavy (non-hydrogen) atoms. The van der Waals surface area contributed by atoms with Crippen LogP contribution in [-0.2, 0) is 0 Å². The highest BCUT2D eigenvalue weighted by atomic mass is 16.3. The van der Waals surface area contributed by atoms with Crippen molar-refractivity contribution >= 4 is 7.85 Å². The van der Waals surface area contributed by atoms with Crippen LogP contribution in [0.2, 0.25) is 5.82 Å². The fourth-order valence-electron chi connectivity index (χ4n) is 2.04. The minimum Gasteiger partial charge on any atom is -0.395 e. The molecular weight excluding hydrogens is 191 g/mol. The molecule has 4 heteroatoms. The molecular formula is C11H13BO3. The molecule has 0 aromatic rings. The van der Waals surface area contributed by atoms with E-state index in [9.17, 15) is 15.3 Å². The summed E-state index contributed by atoms with van der Waals surface area (Å²) in [6, 6.07) is 0. The van der Waals surface area contributed by atoms with Crippen LogP contribution in [0.4, 0.5) is 0 Å². The van der Waals surface area contributed by atoms with Gasteiger partial charge in [0.15, 0.2) is 0 Å². The number of aliphatic hydroxyl groups is 3. The van der Waals surface area contributed by atoms with Gasteiger partial charge in [-0.15, -0.1) is 12.2 Å². The summed E-state index contributed by atoms with van der Waals surface area (Å²) >= 11 is 0. The van der Waals surface area contributed by atoms with Gasteiger partial charge in [0, 0.05) is 5.41 Å². The van der Waals surface area contributed by atoms with Crippen LogP contribution in [-0.4, -0.2) is 41.5 Å². The molecule has 78 valence electrons. The largest absolute Gasteiger partial charge is 0.395 e. The summed E-state index contributed by atoms with van der Waals surface area (Å²) in [5.41, 5.74) is -0.379. The lowest BCUT2D eigenvalue weighted by molar-refractivity contribution is -0.0575. The van der Waals surface area contributed by atoms with Crippen molar-refractivity contribution in [3.05, 3.63) is 18.4 Å². The normalized spacial score (nSPS) is 44.4. The van der Waals surface area contributed by atoms with Crippen molar-refractivity contribution < 1.29 is 15.3 Å². The summed E-state index contributed by atoms with van der Waals surface area (Å²) in [7, 11) is 5.66. The minimum absolute atomic E-state index is 0.188. The predicted octanol–water partition coefficient (Wildman–Crippen LogP) is -0.608. The Morgan fingerprint density at radius 1 is 1.67 bits per heavy atom. The minimum atomic E-state index is -1.81. The van der Waals surface area contributed by atoms with Gasteiger partial charge in [-0.1, -0.05) is 12.5 Å². The zero-order valence-corrected chi connectivity index (χ0v) is 8.35. The van der Waals surface area contributed by atoms with Gasteiger partial charge in [0.05, 0.1) is 14.5 Å². The van der Waals surface area contributed by atoms with E-state index in [-0.39, 0.29) is 13.0 Å². The lowest BCUT2D eigenvalue weighted by Crippen LogP contribution is -2.46. The standard InChI is InChI=1S/C11H13BO3/c1-3-5-10(7-13)6-8(12)11(15,4-2)9(10)14/h2,5,8-9,13-15H,1,6-7H2/t8-,9+,10-,11?/m1/s1. The molecule has 1 aliphatic carbocycles. The van der Waals surface area contributed by atoms with E-state index in [1.807, 2.05) is 0 Å². The third-order valence-electron chi connectivity index (χ3n) is 3.04. The summed E-state index contributed by atoms with van der Waals surface area (Å²) in [5.74, 6) is 1.31. The van der Waals surface area contributed by atoms with Crippen molar-refractivity contribution in [3.8, 4) is 12.3 Å². The van der Waals surface area contributed by atoms with Crippen molar-refractivity contribution in [2.75, 3.05) is 6.61 Å². The summed E-state index contributed by atoms with van der Waals surface area (Å²) in [6.45, 7) is 3.01. The highest BCUT2D eigenvalue weighted by Crippen LogP contribution is 2.50. The lowest BCUT2D eigenvalue weighted by Gasteiger charge is -2.31. The van der Waals surface area contributed by atoms with Crippen LogP contribution in [0.5, 0.6) is 0 Å². The molecule has 3 nitrogen and oxygen atoms in total. The van der Waals surface area contributed by atoms with Crippen LogP contribution in [0, 0.1) is 17.8 Å². The Morgan fingerprint density at radius 3 is 2.60 bits per heavy atom. The second kappa shape index (κ2) is 3.88. The van der Waals surface area contributed by atoms with Gasteiger partial charge in [0.25, 0.3) is 0 Å². The van der Waals surface area contributed by atoms with Crippen molar-refractivity contribution in [1.82, 2.24) is 0 Å². The fraction of sp³-hybridized carbons (Fsp3) is 0.545. The first-order valence-electron chi connectivity index (χ1n) is 4.58. The molecule has 0 aliphatic heterocycles. The van der Waals surface area contributed by atoms with Gasteiger partial charge in [0.1, 0.15) is 11.7 Å². The molecule has 1 saturated carbocycles. The van der Waals surface area contributed by atoms with Gasteiger partial charge in [-0.2, -0.15) is 0 Å². The molecule has 0 bridgehead atoms. The van der Waals surface area contributed by atoms with E-state index in [1.165, 1.54) is 6.08 Å². The van der Waals surface area contributed by atoms with Crippen molar-refractivity contribution in [2.45, 2.75) is 23.9 Å². The molecule has 1 aliphatic rings. The summed E-state index contributed by atoms with van der Waals surface area (Å²) < 4.78 is 0. The van der Waals surface area contributed by atoms with Gasteiger partial charge in [-0.25, -0.2) is 0 Å². The Kier molecular flexibility index (Phi) is 3.13. The number of hydrogen-bond donors (Lipinski definition) is 3. The molecule has 1 unspecified atom stereocenters. The van der Waals surface area contributed by atoms with Gasteiger partial charge < -0.3 is 15.3 Å². The Labute approximate surface area is 90.5 Å². The van der Waals surface area contributed by atoms with Crippen LogP contribution < -0.4 is 0 Å². The SMILES string of the molecule is [B][C@@H]1C[C@](C=C=C)(CO)[C@H](O)C1(O)C#C. The Bertz CT molecular complexity index is 342. The second-order valence-corrected chi connectivity index (χ2v) is 3.92. The van der Waals surface area contributed by atoms with Gasteiger partial charge in [0.2, 0.25) is 0 Å². The maximum atomic E-state index is 9.94. The highest BCUT2D eigenvalue weighted by Gasteiger charge is 2.57. The first-order chi connectivity index (χ1) is 6.96. The Morgan fingerprint density at radius 2 is 2.27 bits per heavy atom. The smallest absolute Gasteiger partial charge is 0.146 e. The Hall–Kier alpha value is -0.975. The fourth-order valence-corrected chi connectivity index (χ4v) is 2.04. The molecule has 0 heterocycles. The monoisotopic (exact) mass is 204 g/mol. The summed E-state index contributed by atoms with van der Waals surface area (Å²) in [4.78, 5) is 0. The molecule has 0 spiro atoms. The van der Waals surface area contributed by atoms with E-state index in [0.29, 0.717) is 0 Å². The highest BCUT2D eigenvalue weighted by molar-refractivity contribution is 6.13. The molecule has 0 aromatic heterocycles. The van der Waals surface area contributed by atoms with Gasteiger partial charge >= 0.3 is 0 Å². The number of aliphatic hydroxyl groups excluding tert-OH is 2. The van der Waals surface area contributed by atoms with E-state index in [1.54, 1.807) is 0 Å². The van der Waals surface area contributed by atoms with E-state index in [2.05, 4.69) is 18.2 Å². The molecule has 0 aromatic carbocycles. The quantitative estimate of drug-likeness (QED) is 0.319. The van der Waals surface area contributed by atoms with Crippen LogP contribution in [0.3, 0.4) is 0 Å². The average molecular weight is 204 g/mol. The topological polar surface area (TPSA) is 60.7 Å². The zero-order valence-electron chi connectivity index (χ0n) is 8.35. The predicted molar refractivity (Wildman–Crippen MR) is 57.1 cm³/mol. The van der Waals surface area contributed by atoms with E-state index in [0.717, 1.165) is 0 Å². The van der Waals surface area contributed by atoms with Crippen LogP contribution in [0.25, 0.3) is 0 Å². The first-order valence-corrected chi connectivity index (χ1v) is 4.58. The number of hydrogen-bond acceptors (Lipinski definition) is 3. The maximum absolute atomic E-state index is 9.94. The third kappa shape index (κ3) is 1.54. The molecule has 1 rings (SSSR count). The lowest BCUT2D eigenvalue weighted by atomic mass is 9.75. The first kappa shape index (κ1) is 12.1. The second-order valence-electron chi connectivity index (χ2n) is 3.92. The molecule has 0 amide bonds. The number of terminal acetylenes is 1. The van der Waals surface area contributed by atoms with Crippen LogP contribution in [0.1, 0.15) is 6.42 Å². The van der Waals surface area contributed by atoms with E-state index in [4.69, 9.17) is 14.3 Å². The van der Waals surface area contributed by atoms with Gasteiger partial charge in [-0.3, -0.25) is 0 Å². The Balaban J connectivity index is 3.19. The van der Waals surface area contributed by atoms with Crippen molar-refractivity contribution in [3.63, 3.8) is 0 Å². The molecule has 0 saturated heterocycles. The number of rotatable bonds is 2. The van der Waals surface area contributed by atoms with E-state index < -0.39 is 22.9 Å². The zero-order chi connectivity index (χ0) is 11.7. The molecule has 4 atom stereocenters. The molecule has 3 N–H and O–H groups in total. The van der Waals surface area contributed by atoms with Crippen molar-refractivity contribution in [1.29, 1.82) is 0 Å². The summed E-state index contributed by atoms with van der Waals surface area (Å²) in [6.07, 6.45) is 5.43. The summed E-state index contributed by atoms with van der Waals surface area (Å²) in [5, 5.41) is 29.1. The van der Waals surface area contributed by atoms with Gasteiger partial charge in [-0.05, 0) is 18.3 Å². The average Bonchev–Trinajstić information content (AvgIpc) is 2.42. The molecule has 1 fully saturated rings. The molecule has 2 radical (unpaired) electrons.